The second-order valence-corrected chi connectivity index (χ2v) is 3.16. The number of carboxylic acid groups (broad SMARTS) is 1. The molecule has 0 saturated carbocycles. The zero-order valence-corrected chi connectivity index (χ0v) is 9.70. The van der Waals surface area contributed by atoms with E-state index < -0.39 is 18.0 Å². The van der Waals surface area contributed by atoms with E-state index >= 15 is 0 Å². The van der Waals surface area contributed by atoms with E-state index in [0.717, 1.165) is 0 Å². The Hall–Kier alpha value is -2.03. The quantitative estimate of drug-likeness (QED) is 0.181. The van der Waals surface area contributed by atoms with Gasteiger partial charge in [-0.1, -0.05) is 5.11 Å². The number of carboxylic acids is 1. The fraction of sp³-hybridized carbons (Fsp3) is 0.750. The van der Waals surface area contributed by atoms with E-state index in [4.69, 9.17) is 21.1 Å². The second-order valence-electron chi connectivity index (χ2n) is 3.16. The van der Waals surface area contributed by atoms with Crippen molar-refractivity contribution in [1.82, 2.24) is 10.6 Å². The largest absolute Gasteiger partial charge is 0.480 e. The van der Waals surface area contributed by atoms with Gasteiger partial charge in [0.05, 0.1) is 13.2 Å². The molecule has 0 aromatic rings. The van der Waals surface area contributed by atoms with Crippen molar-refractivity contribution in [3.63, 3.8) is 0 Å². The molecule has 0 rings (SSSR count). The van der Waals surface area contributed by atoms with Crippen molar-refractivity contribution >= 4 is 12.0 Å². The Morgan fingerprint density at radius 1 is 1.44 bits per heavy atom. The molecule has 2 amide bonds. The molecular formula is C8H16N6O4. The Morgan fingerprint density at radius 2 is 2.11 bits per heavy atom. The fourth-order valence-corrected chi connectivity index (χ4v) is 0.845. The molecule has 0 aliphatic carbocycles. The highest BCUT2D eigenvalue weighted by Crippen LogP contribution is 1.81. The van der Waals surface area contributed by atoms with Crippen LogP contribution < -0.4 is 16.4 Å². The van der Waals surface area contributed by atoms with E-state index in [9.17, 15) is 9.59 Å². The number of nitrogens with two attached hydrogens (primary N) is 1. The number of carbonyl (C=O) groups excluding carboxylic acids is 1. The third-order valence-electron chi connectivity index (χ3n) is 1.71. The summed E-state index contributed by atoms with van der Waals surface area (Å²) in [6.45, 7) is 0.675. The molecule has 1 atom stereocenters. The molecule has 0 unspecified atom stereocenters. The van der Waals surface area contributed by atoms with Gasteiger partial charge in [0.2, 0.25) is 0 Å². The van der Waals surface area contributed by atoms with Gasteiger partial charge >= 0.3 is 12.0 Å². The van der Waals surface area contributed by atoms with Crippen molar-refractivity contribution in [2.45, 2.75) is 6.04 Å². The highest BCUT2D eigenvalue weighted by atomic mass is 16.5. The van der Waals surface area contributed by atoms with Crippen LogP contribution in [0, 0.1) is 0 Å². The van der Waals surface area contributed by atoms with E-state index in [2.05, 4.69) is 20.7 Å². The lowest BCUT2D eigenvalue weighted by molar-refractivity contribution is -0.139. The molecule has 0 aliphatic heterocycles. The Morgan fingerprint density at radius 3 is 2.72 bits per heavy atom. The van der Waals surface area contributed by atoms with Crippen molar-refractivity contribution in [3.8, 4) is 0 Å². The number of nitrogens with zero attached hydrogens (tertiary/aromatic N) is 3. The smallest absolute Gasteiger partial charge is 0.322 e. The number of ether oxygens (including phenoxy) is 1. The van der Waals surface area contributed by atoms with Crippen LogP contribution in [0.3, 0.4) is 0 Å². The molecule has 0 aromatic carbocycles. The number of azide groups is 1. The summed E-state index contributed by atoms with van der Waals surface area (Å²) >= 11 is 0. The van der Waals surface area contributed by atoms with Gasteiger partial charge in [-0.15, -0.1) is 0 Å². The van der Waals surface area contributed by atoms with E-state index in [0.29, 0.717) is 0 Å². The van der Waals surface area contributed by atoms with Crippen LogP contribution in [-0.2, 0) is 9.53 Å². The van der Waals surface area contributed by atoms with Gasteiger partial charge in [0.25, 0.3) is 0 Å². The highest BCUT2D eigenvalue weighted by molar-refractivity contribution is 5.73. The third-order valence-corrected chi connectivity index (χ3v) is 1.71. The zero-order valence-electron chi connectivity index (χ0n) is 9.70. The maximum atomic E-state index is 11.1. The van der Waals surface area contributed by atoms with Crippen LogP contribution in [0.5, 0.6) is 0 Å². The SMILES string of the molecule is [N-]=[N+]=NCCNC(=O)NCCOC[C@H](N)C(=O)O. The van der Waals surface area contributed by atoms with Crippen molar-refractivity contribution in [2.24, 2.45) is 10.8 Å². The van der Waals surface area contributed by atoms with E-state index in [1.54, 1.807) is 0 Å². The predicted molar refractivity (Wildman–Crippen MR) is 61.8 cm³/mol. The number of carbonyl (C=O) groups is 2. The number of hydrogen-bond acceptors (Lipinski definition) is 5. The third kappa shape index (κ3) is 9.21. The number of amides is 2. The number of urea groups is 1. The van der Waals surface area contributed by atoms with Crippen molar-refractivity contribution in [1.29, 1.82) is 0 Å². The van der Waals surface area contributed by atoms with Gasteiger partial charge in [-0.2, -0.15) is 0 Å². The fourth-order valence-electron chi connectivity index (χ4n) is 0.845. The van der Waals surface area contributed by atoms with Crippen molar-refractivity contribution in [2.75, 3.05) is 32.8 Å². The highest BCUT2D eigenvalue weighted by Gasteiger charge is 2.10. The molecule has 0 fully saturated rings. The molecule has 0 bridgehead atoms. The normalized spacial score (nSPS) is 11.2. The standard InChI is InChI=1S/C8H16N6O4/c9-6(7(15)16)5-18-4-3-12-8(17)11-1-2-13-14-10/h6H,1-5,9H2,(H,15,16)(H2,11,12,17)/t6-/m0/s1. The van der Waals surface area contributed by atoms with Crippen LogP contribution in [0.15, 0.2) is 5.11 Å². The summed E-state index contributed by atoms with van der Waals surface area (Å²) < 4.78 is 4.94. The molecule has 102 valence electrons. The van der Waals surface area contributed by atoms with Crippen LogP contribution in [-0.4, -0.2) is 56.0 Å². The average molecular weight is 260 g/mol. The minimum Gasteiger partial charge on any atom is -0.480 e. The molecule has 10 nitrogen and oxygen atoms in total. The first-order valence-electron chi connectivity index (χ1n) is 5.16. The minimum atomic E-state index is -1.14. The van der Waals surface area contributed by atoms with Gasteiger partial charge in [-0.05, 0) is 5.53 Å². The summed E-state index contributed by atoms with van der Waals surface area (Å²) in [4.78, 5) is 23.9. The van der Waals surface area contributed by atoms with Gasteiger partial charge in [0.1, 0.15) is 6.04 Å². The molecule has 10 heteroatoms. The predicted octanol–water partition coefficient (Wildman–Crippen LogP) is -0.976. The average Bonchev–Trinajstić information content (AvgIpc) is 2.33. The zero-order chi connectivity index (χ0) is 13.8. The molecule has 0 aromatic heterocycles. The van der Waals surface area contributed by atoms with E-state index in [-0.39, 0.29) is 32.8 Å². The lowest BCUT2D eigenvalue weighted by Gasteiger charge is -2.09. The maximum absolute atomic E-state index is 11.1. The maximum Gasteiger partial charge on any atom is 0.322 e. The summed E-state index contributed by atoms with van der Waals surface area (Å²) in [6.07, 6.45) is 0. The van der Waals surface area contributed by atoms with Crippen molar-refractivity contribution in [3.05, 3.63) is 10.4 Å². The molecule has 0 aliphatic rings. The molecule has 0 radical (unpaired) electrons. The monoisotopic (exact) mass is 260 g/mol. The summed E-state index contributed by atoms with van der Waals surface area (Å²) in [7, 11) is 0. The summed E-state index contributed by atoms with van der Waals surface area (Å²) in [5.41, 5.74) is 13.2. The molecule has 0 spiro atoms. The van der Waals surface area contributed by atoms with Gasteiger partial charge in [-0.3, -0.25) is 4.79 Å². The van der Waals surface area contributed by atoms with Gasteiger partial charge < -0.3 is 26.2 Å². The Balaban J connectivity index is 3.40. The molecule has 0 heterocycles. The number of rotatable bonds is 9. The van der Waals surface area contributed by atoms with E-state index in [1.807, 2.05) is 0 Å². The summed E-state index contributed by atoms with van der Waals surface area (Å²) in [6, 6.07) is -1.49. The number of nitrogens with one attached hydrogen (secondary N) is 2. The Bertz CT molecular complexity index is 317. The molecule has 0 saturated heterocycles. The summed E-state index contributed by atoms with van der Waals surface area (Å²) in [5.74, 6) is -1.14. The first-order chi connectivity index (χ1) is 8.57. The second kappa shape index (κ2) is 10.1. The topological polar surface area (TPSA) is 162 Å². The first kappa shape index (κ1) is 16.0. The van der Waals surface area contributed by atoms with E-state index in [1.165, 1.54) is 0 Å². The van der Waals surface area contributed by atoms with Crippen LogP contribution in [0.1, 0.15) is 0 Å². The van der Waals surface area contributed by atoms with Gasteiger partial charge in [0, 0.05) is 24.5 Å². The Labute approximate surface area is 103 Å². The van der Waals surface area contributed by atoms with Crippen LogP contribution in [0.4, 0.5) is 4.79 Å². The Kier molecular flexibility index (Phi) is 9.00. The summed E-state index contributed by atoms with van der Waals surface area (Å²) in [5, 5.41) is 16.6. The van der Waals surface area contributed by atoms with Crippen molar-refractivity contribution < 1.29 is 19.4 Å². The lowest BCUT2D eigenvalue weighted by atomic mass is 10.3. The van der Waals surface area contributed by atoms with Crippen LogP contribution in [0.25, 0.3) is 10.4 Å². The minimum absolute atomic E-state index is 0.116. The molecule has 18 heavy (non-hydrogen) atoms. The lowest BCUT2D eigenvalue weighted by Crippen LogP contribution is -2.39. The number of aliphatic carboxylic acids is 1. The van der Waals surface area contributed by atoms with Gasteiger partial charge in [-0.25, -0.2) is 4.79 Å². The van der Waals surface area contributed by atoms with Crippen LogP contribution >= 0.6 is 0 Å². The van der Waals surface area contributed by atoms with Gasteiger partial charge in [0.15, 0.2) is 0 Å². The number of hydrogen-bond donors (Lipinski definition) is 4. The molecular weight excluding hydrogens is 244 g/mol. The molecule has 5 N–H and O–H groups in total. The first-order valence-corrected chi connectivity index (χ1v) is 5.16. The van der Waals surface area contributed by atoms with Crippen LogP contribution in [0.2, 0.25) is 0 Å².